The van der Waals surface area contributed by atoms with Crippen molar-refractivity contribution in [3.05, 3.63) is 65.7 Å². The number of ether oxygens (including phenoxy) is 1. The van der Waals surface area contributed by atoms with Crippen molar-refractivity contribution < 1.29 is 32.9 Å². The van der Waals surface area contributed by atoms with E-state index in [9.17, 15) is 28.2 Å². The van der Waals surface area contributed by atoms with Crippen LogP contribution in [-0.2, 0) is 13.0 Å². The molecule has 9 heteroatoms. The number of amides is 1. The lowest BCUT2D eigenvalue weighted by Crippen LogP contribution is -2.52. The van der Waals surface area contributed by atoms with E-state index in [1.165, 1.54) is 18.2 Å². The Balaban J connectivity index is 1.95. The number of hydrogen-bond acceptors (Lipinski definition) is 5. The number of carbonyl (C=O) groups excluding carboxylic acids is 1. The standard InChI is InChI=1S/C19H21F3N2O4/c20-19(21,22)28-17-9-5-4-8-14(17)11-23-12-16(25)15(24-18(26)27)10-13-6-2-1-3-7-13/h1-9,15-16,23-25H,10-12H2,(H,26,27)/p-1. The fourth-order valence-electron chi connectivity index (χ4n) is 2.67. The summed E-state index contributed by atoms with van der Waals surface area (Å²) in [6, 6.07) is 13.7. The van der Waals surface area contributed by atoms with Gasteiger partial charge in [0.15, 0.2) is 0 Å². The largest absolute Gasteiger partial charge is 0.573 e. The first-order valence-corrected chi connectivity index (χ1v) is 8.48. The Labute approximate surface area is 160 Å². The molecule has 2 aromatic rings. The van der Waals surface area contributed by atoms with Crippen molar-refractivity contribution in [1.82, 2.24) is 10.6 Å². The molecule has 0 bridgehead atoms. The second-order valence-electron chi connectivity index (χ2n) is 6.08. The molecule has 152 valence electrons. The Morgan fingerprint density at radius 3 is 2.39 bits per heavy atom. The maximum absolute atomic E-state index is 12.5. The Morgan fingerprint density at radius 1 is 1.11 bits per heavy atom. The van der Waals surface area contributed by atoms with Crippen molar-refractivity contribution >= 4 is 6.09 Å². The maximum atomic E-state index is 12.5. The van der Waals surface area contributed by atoms with Gasteiger partial charge in [0.2, 0.25) is 0 Å². The number of carbonyl (C=O) groups is 1. The molecule has 0 radical (unpaired) electrons. The number of rotatable bonds is 9. The van der Waals surface area contributed by atoms with Crippen LogP contribution < -0.4 is 20.5 Å². The van der Waals surface area contributed by atoms with Crippen LogP contribution in [0.3, 0.4) is 0 Å². The van der Waals surface area contributed by atoms with Crippen molar-refractivity contribution in [3.8, 4) is 5.75 Å². The highest BCUT2D eigenvalue weighted by Crippen LogP contribution is 2.26. The van der Waals surface area contributed by atoms with Gasteiger partial charge in [-0.2, -0.15) is 0 Å². The SMILES string of the molecule is O=C([O-])NC(Cc1ccccc1)C(O)CNCc1ccccc1OC(F)(F)F. The zero-order valence-corrected chi connectivity index (χ0v) is 14.8. The number of halogens is 3. The van der Waals surface area contributed by atoms with Crippen LogP contribution in [-0.4, -0.2) is 36.3 Å². The van der Waals surface area contributed by atoms with E-state index < -0.39 is 24.6 Å². The van der Waals surface area contributed by atoms with Gasteiger partial charge in [0.1, 0.15) is 11.8 Å². The molecular weight excluding hydrogens is 377 g/mol. The van der Waals surface area contributed by atoms with Crippen molar-refractivity contribution in [1.29, 1.82) is 0 Å². The minimum Gasteiger partial charge on any atom is -0.530 e. The highest BCUT2D eigenvalue weighted by atomic mass is 19.4. The van der Waals surface area contributed by atoms with Gasteiger partial charge < -0.3 is 30.4 Å². The lowest BCUT2D eigenvalue weighted by Gasteiger charge is -2.26. The Hall–Kier alpha value is -2.78. The van der Waals surface area contributed by atoms with Gasteiger partial charge in [0, 0.05) is 18.7 Å². The second kappa shape index (κ2) is 9.95. The highest BCUT2D eigenvalue weighted by Gasteiger charge is 2.32. The summed E-state index contributed by atoms with van der Waals surface area (Å²) in [5, 5.41) is 26.2. The molecule has 0 spiro atoms. The molecule has 0 saturated carbocycles. The van der Waals surface area contributed by atoms with Gasteiger partial charge in [-0.15, -0.1) is 13.2 Å². The number of aliphatic hydroxyl groups is 1. The third-order valence-corrected chi connectivity index (χ3v) is 3.93. The summed E-state index contributed by atoms with van der Waals surface area (Å²) in [7, 11) is 0. The Kier molecular flexibility index (Phi) is 7.65. The van der Waals surface area contributed by atoms with Gasteiger partial charge in [0.05, 0.1) is 12.1 Å². The molecule has 2 atom stereocenters. The molecular formula is C19H20F3N2O4-. The van der Waals surface area contributed by atoms with Crippen LogP contribution >= 0.6 is 0 Å². The molecule has 6 nitrogen and oxygen atoms in total. The molecule has 2 rings (SSSR count). The molecule has 3 N–H and O–H groups in total. The van der Waals surface area contributed by atoms with Crippen LogP contribution in [0.25, 0.3) is 0 Å². The molecule has 0 aliphatic rings. The molecule has 0 aliphatic heterocycles. The van der Waals surface area contributed by atoms with Crippen molar-refractivity contribution in [2.24, 2.45) is 0 Å². The quantitative estimate of drug-likeness (QED) is 0.597. The molecule has 2 aromatic carbocycles. The number of nitrogens with one attached hydrogen (secondary N) is 2. The van der Waals surface area contributed by atoms with Crippen LogP contribution in [0.15, 0.2) is 54.6 Å². The lowest BCUT2D eigenvalue weighted by atomic mass is 10.0. The van der Waals surface area contributed by atoms with E-state index in [1.54, 1.807) is 30.3 Å². The number of alkyl halides is 3. The molecule has 2 unspecified atom stereocenters. The van der Waals surface area contributed by atoms with E-state index in [0.717, 1.165) is 5.56 Å². The van der Waals surface area contributed by atoms with Crippen LogP contribution in [0.5, 0.6) is 5.75 Å². The number of carboxylic acid groups (broad SMARTS) is 1. The first-order valence-electron chi connectivity index (χ1n) is 8.48. The van der Waals surface area contributed by atoms with Crippen molar-refractivity contribution in [2.75, 3.05) is 6.54 Å². The summed E-state index contributed by atoms with van der Waals surface area (Å²) in [6.45, 7) is -0.0647. The molecule has 0 heterocycles. The smallest absolute Gasteiger partial charge is 0.530 e. The summed E-state index contributed by atoms with van der Waals surface area (Å²) in [5.74, 6) is -0.342. The third-order valence-electron chi connectivity index (χ3n) is 3.93. The van der Waals surface area contributed by atoms with Crippen molar-refractivity contribution in [3.63, 3.8) is 0 Å². The summed E-state index contributed by atoms with van der Waals surface area (Å²) >= 11 is 0. The summed E-state index contributed by atoms with van der Waals surface area (Å²) in [5.41, 5.74) is 1.06. The number of para-hydroxylation sites is 1. The topological polar surface area (TPSA) is 93.7 Å². The average Bonchev–Trinajstić information content (AvgIpc) is 2.62. The normalized spacial score (nSPS) is 13.6. The Bertz CT molecular complexity index is 756. The van der Waals surface area contributed by atoms with Crippen LogP contribution in [0.4, 0.5) is 18.0 Å². The molecule has 0 aliphatic carbocycles. The fraction of sp³-hybridized carbons (Fsp3) is 0.316. The van der Waals surface area contributed by atoms with Crippen LogP contribution in [0, 0.1) is 0 Å². The third kappa shape index (κ3) is 7.45. The summed E-state index contributed by atoms with van der Waals surface area (Å²) in [4.78, 5) is 10.9. The predicted octanol–water partition coefficient (Wildman–Crippen LogP) is 1.58. The van der Waals surface area contributed by atoms with E-state index in [4.69, 9.17) is 0 Å². The van der Waals surface area contributed by atoms with Gasteiger partial charge in [-0.05, 0) is 18.1 Å². The zero-order valence-electron chi connectivity index (χ0n) is 14.8. The molecule has 0 saturated heterocycles. The predicted molar refractivity (Wildman–Crippen MR) is 93.3 cm³/mol. The van der Waals surface area contributed by atoms with E-state index >= 15 is 0 Å². The molecule has 0 fully saturated rings. The van der Waals surface area contributed by atoms with Crippen molar-refractivity contribution in [2.45, 2.75) is 31.5 Å². The maximum Gasteiger partial charge on any atom is 0.573 e. The number of benzene rings is 2. The molecule has 1 amide bonds. The van der Waals surface area contributed by atoms with Gasteiger partial charge in [-0.1, -0.05) is 48.5 Å². The van der Waals surface area contributed by atoms with E-state index in [-0.39, 0.29) is 30.8 Å². The second-order valence-corrected chi connectivity index (χ2v) is 6.08. The first kappa shape index (κ1) is 21.5. The zero-order chi connectivity index (χ0) is 20.6. The van der Waals surface area contributed by atoms with E-state index in [1.807, 2.05) is 6.07 Å². The van der Waals surface area contributed by atoms with E-state index in [0.29, 0.717) is 0 Å². The number of aliphatic hydroxyl groups excluding tert-OH is 1. The monoisotopic (exact) mass is 397 g/mol. The van der Waals surface area contributed by atoms with Gasteiger partial charge in [0.25, 0.3) is 0 Å². The van der Waals surface area contributed by atoms with Crippen LogP contribution in [0.1, 0.15) is 11.1 Å². The molecule has 0 aromatic heterocycles. The minimum atomic E-state index is -4.81. The summed E-state index contributed by atoms with van der Waals surface area (Å²) in [6.07, 6.45) is -7.24. The Morgan fingerprint density at radius 2 is 1.75 bits per heavy atom. The highest BCUT2D eigenvalue weighted by molar-refractivity contribution is 5.62. The van der Waals surface area contributed by atoms with Crippen LogP contribution in [0.2, 0.25) is 0 Å². The lowest BCUT2D eigenvalue weighted by molar-refractivity contribution is -0.275. The van der Waals surface area contributed by atoms with Gasteiger partial charge in [-0.25, -0.2) is 0 Å². The van der Waals surface area contributed by atoms with Gasteiger partial charge in [-0.3, -0.25) is 0 Å². The van der Waals surface area contributed by atoms with E-state index in [2.05, 4.69) is 15.4 Å². The fourth-order valence-corrected chi connectivity index (χ4v) is 2.67. The van der Waals surface area contributed by atoms with Gasteiger partial charge >= 0.3 is 6.36 Å². The average molecular weight is 397 g/mol. The minimum absolute atomic E-state index is 0.00725. The summed E-state index contributed by atoms with van der Waals surface area (Å²) < 4.78 is 41.3. The number of hydrogen-bond donors (Lipinski definition) is 3. The first-order chi connectivity index (χ1) is 13.2. The molecule has 28 heavy (non-hydrogen) atoms.